The van der Waals surface area contributed by atoms with E-state index in [9.17, 15) is 19.8 Å². The number of rotatable bonds is 6. The van der Waals surface area contributed by atoms with Gasteiger partial charge in [-0.2, -0.15) is 0 Å². The number of esters is 1. The van der Waals surface area contributed by atoms with E-state index in [-0.39, 0.29) is 47.1 Å². The zero-order chi connectivity index (χ0) is 31.6. The number of methoxy groups -OCH3 is 1. The molecule has 8 bridgehead atoms. The van der Waals surface area contributed by atoms with Gasteiger partial charge in [0.05, 0.1) is 13.2 Å². The van der Waals surface area contributed by atoms with Crippen LogP contribution in [0.1, 0.15) is 71.6 Å². The van der Waals surface area contributed by atoms with Gasteiger partial charge in [-0.1, -0.05) is 55.3 Å². The molecule has 10 heteroatoms. The molecule has 4 N–H and O–H groups in total. The van der Waals surface area contributed by atoms with E-state index in [0.717, 1.165) is 62.0 Å². The summed E-state index contributed by atoms with van der Waals surface area (Å²) in [5.74, 6) is -2.87. The minimum Gasteiger partial charge on any atom is -0.657 e. The number of carbonyl (C=O) groups is 2. The second-order valence-corrected chi connectivity index (χ2v) is 12.1. The molecule has 1 saturated heterocycles. The molecule has 3 aromatic heterocycles. The third kappa shape index (κ3) is 5.08. The van der Waals surface area contributed by atoms with E-state index in [2.05, 4.69) is 49.8 Å². The van der Waals surface area contributed by atoms with E-state index < -0.39 is 23.9 Å². The first-order chi connectivity index (χ1) is 21.0. The van der Waals surface area contributed by atoms with E-state index in [4.69, 9.17) is 14.7 Å². The smallest absolute Gasteiger partial charge is 0.657 e. The molecule has 230 valence electrons. The number of nitrogens with one attached hydrogen (secondary N) is 2. The number of carboxylic acid groups (broad SMARTS) is 1. The summed E-state index contributed by atoms with van der Waals surface area (Å²) in [6, 6.07) is -0.463. The van der Waals surface area contributed by atoms with Crippen molar-refractivity contribution in [1.29, 1.82) is 0 Å². The molecule has 0 radical (unpaired) electrons. The zero-order valence-electron chi connectivity index (χ0n) is 26.7. The molecular weight excluding hydrogens is 581 g/mol. The fraction of sp³-hybridized carbons (Fsp3) is 0.371. The van der Waals surface area contributed by atoms with E-state index in [1.54, 1.807) is 0 Å². The topological polar surface area (TPSA) is 140 Å². The number of aliphatic carboxylic acids is 1. The van der Waals surface area contributed by atoms with Gasteiger partial charge in [0, 0.05) is 40.2 Å². The van der Waals surface area contributed by atoms with Crippen LogP contribution in [0, 0.1) is 38.5 Å². The Morgan fingerprint density at radius 1 is 1.07 bits per heavy atom. The molecule has 1 unspecified atom stereocenters. The molecule has 1 aliphatic carbocycles. The maximum Gasteiger partial charge on any atom is 2.00 e. The fourth-order valence-electron chi connectivity index (χ4n) is 7.40. The number of aromatic nitrogens is 3. The number of aromatic amines is 1. The first-order valence-electron chi connectivity index (χ1n) is 15.1. The van der Waals surface area contributed by atoms with Crippen molar-refractivity contribution in [2.45, 2.75) is 59.9 Å². The Bertz CT molecular complexity index is 2030. The van der Waals surface area contributed by atoms with E-state index in [1.807, 2.05) is 26.0 Å². The maximum atomic E-state index is 13.3. The normalized spacial score (nSPS) is 24.0. The molecule has 6 rings (SSSR count). The average Bonchev–Trinajstić information content (AvgIpc) is 3.72. The van der Waals surface area contributed by atoms with E-state index >= 15 is 0 Å². The molecule has 4 atom stereocenters. The summed E-state index contributed by atoms with van der Waals surface area (Å²) in [5.41, 5.74) is 8.95. The van der Waals surface area contributed by atoms with Crippen LogP contribution in [0.2, 0.25) is 0 Å². The number of H-pyrrole nitrogens is 1. The van der Waals surface area contributed by atoms with Gasteiger partial charge in [-0.05, 0) is 56.7 Å². The molecule has 0 amide bonds. The summed E-state index contributed by atoms with van der Waals surface area (Å²) >= 11 is 0. The van der Waals surface area contributed by atoms with Gasteiger partial charge < -0.3 is 35.2 Å². The molecule has 0 spiro atoms. The number of allylic oxidation sites excluding steroid dienone is 1. The third-order valence-electron chi connectivity index (χ3n) is 9.86. The van der Waals surface area contributed by atoms with Crippen LogP contribution in [0.25, 0.3) is 35.6 Å². The Morgan fingerprint density at radius 2 is 1.80 bits per heavy atom. The van der Waals surface area contributed by atoms with Crippen LogP contribution in [-0.4, -0.2) is 63.3 Å². The molecule has 0 saturated carbocycles. The Balaban J connectivity index is 0.00000400. The van der Waals surface area contributed by atoms with E-state index in [1.165, 1.54) is 7.11 Å². The monoisotopic (exact) mass is 618 g/mol. The van der Waals surface area contributed by atoms with Crippen LogP contribution >= 0.6 is 0 Å². The largest absolute Gasteiger partial charge is 2.00 e. The van der Waals surface area contributed by atoms with Crippen molar-refractivity contribution in [2.75, 3.05) is 7.11 Å². The van der Waals surface area contributed by atoms with E-state index in [0.29, 0.717) is 28.3 Å². The Morgan fingerprint density at radius 3 is 2.44 bits per heavy atom. The number of aliphatic hydroxyl groups is 1. The summed E-state index contributed by atoms with van der Waals surface area (Å²) in [4.78, 5) is 38.6. The molecular formula is C35H38MgN4O5. The molecule has 9 nitrogen and oxygen atoms in total. The fourth-order valence-corrected chi connectivity index (χ4v) is 7.40. The van der Waals surface area contributed by atoms with Crippen molar-refractivity contribution in [3.63, 3.8) is 0 Å². The number of carboxylic acids is 1. The summed E-state index contributed by atoms with van der Waals surface area (Å²) in [7, 11) is 1.30. The molecule has 3 aliphatic rings. The van der Waals surface area contributed by atoms with Gasteiger partial charge in [0.15, 0.2) is 0 Å². The Kier molecular flexibility index (Phi) is 8.76. The first kappa shape index (κ1) is 32.5. The number of hydrogen-bond donors (Lipinski definition) is 4. The van der Waals surface area contributed by atoms with Crippen LogP contribution < -0.4 is 36.6 Å². The van der Waals surface area contributed by atoms with Crippen molar-refractivity contribution in [3.8, 4) is 0 Å². The molecule has 3 aromatic rings. The van der Waals surface area contributed by atoms with Gasteiger partial charge >= 0.3 is 35.0 Å². The third-order valence-corrected chi connectivity index (χ3v) is 9.86. The number of aliphatic hydroxyl groups excluding tert-OH is 1. The van der Waals surface area contributed by atoms with Crippen LogP contribution in [0.3, 0.4) is 0 Å². The van der Waals surface area contributed by atoms with Crippen molar-refractivity contribution in [2.24, 2.45) is 17.8 Å². The number of hydrogen-bond acceptors (Lipinski definition) is 5. The second-order valence-electron chi connectivity index (χ2n) is 12.1. The van der Waals surface area contributed by atoms with Crippen LogP contribution in [-0.2, 0) is 20.7 Å². The van der Waals surface area contributed by atoms with Crippen molar-refractivity contribution < 1.29 is 24.5 Å². The van der Waals surface area contributed by atoms with Crippen LogP contribution in [0.15, 0.2) is 12.3 Å². The van der Waals surface area contributed by atoms with Crippen LogP contribution in [0.5, 0.6) is 0 Å². The van der Waals surface area contributed by atoms with Gasteiger partial charge in [0.25, 0.3) is 0 Å². The van der Waals surface area contributed by atoms with Crippen molar-refractivity contribution in [3.05, 3.63) is 78.4 Å². The quantitative estimate of drug-likeness (QED) is 0.240. The second kappa shape index (κ2) is 12.1. The zero-order valence-corrected chi connectivity index (χ0v) is 28.1. The van der Waals surface area contributed by atoms with Crippen molar-refractivity contribution in [1.82, 2.24) is 20.3 Å². The molecule has 0 aromatic carbocycles. The minimum absolute atomic E-state index is 0. The van der Waals surface area contributed by atoms with Gasteiger partial charge in [-0.3, -0.25) is 9.59 Å². The summed E-state index contributed by atoms with van der Waals surface area (Å²) in [6.07, 6.45) is 9.05. The van der Waals surface area contributed by atoms with Crippen LogP contribution in [0.4, 0.5) is 0 Å². The molecule has 45 heavy (non-hydrogen) atoms. The first-order valence-corrected chi connectivity index (χ1v) is 15.1. The number of ether oxygens (including phenoxy) is 1. The summed E-state index contributed by atoms with van der Waals surface area (Å²) < 4.78 is 5.19. The van der Waals surface area contributed by atoms with Gasteiger partial charge in [-0.15, -0.1) is 21.7 Å². The average molecular weight is 619 g/mol. The Labute approximate surface area is 277 Å². The molecule has 2 aliphatic heterocycles. The van der Waals surface area contributed by atoms with Gasteiger partial charge in [-0.25, -0.2) is 0 Å². The standard InChI is InChI=1S/C35H38N4O5.Mg/c1-8-19-15(3)22-12-24-17(5)21(10-11-28(40)41)32(38-24)30-31(35(43)44-7)34(42)29-18(6)25(39-33(29)30)14-27-20(9-2)16(4)23(37-27)13-26(19)36-22;/h8,12-14,17,21,31-32,36,38,42H,1,9-11H2,2-7H3,(H,40,41);/q-2;+2/b23-13-,24-12-,27-14-;/t17-,21-,31+,32?;/m0./s1. The molecule has 5 heterocycles. The minimum atomic E-state index is -1.04. The number of carbonyl (C=O) groups excluding carboxylic acids is 1. The molecule has 1 fully saturated rings. The van der Waals surface area contributed by atoms with Gasteiger partial charge in [0.2, 0.25) is 0 Å². The SMILES string of the molecule is C=Cc1c2[nH]c(c1C)/C=C1\NC(C3=c4[n-]c(c(C)c4=C(O)[C@@H]3C(=O)OC)/C=c3\[n-]/c(c(C)c3CC)=C\2)[C@@H](CCC(=O)O)[C@@H]1C.[Mg+2]. The summed E-state index contributed by atoms with van der Waals surface area (Å²) in [5, 5.41) is 27.6. The predicted molar refractivity (Wildman–Crippen MR) is 175 cm³/mol. The number of nitrogens with zero attached hydrogens (tertiary/aromatic N) is 2. The Hall–Kier alpha value is -3.89. The van der Waals surface area contributed by atoms with Crippen molar-refractivity contribution >= 4 is 70.6 Å². The maximum absolute atomic E-state index is 13.3. The summed E-state index contributed by atoms with van der Waals surface area (Å²) in [6.45, 7) is 14.3. The predicted octanol–water partition coefficient (Wildman–Crippen LogP) is 1.40. The van der Waals surface area contributed by atoms with Gasteiger partial charge in [0.1, 0.15) is 11.7 Å². The number of fused-ring (bicyclic) bond motifs is 8.